The lowest BCUT2D eigenvalue weighted by atomic mass is 10.1. The van der Waals surface area contributed by atoms with Gasteiger partial charge in [0.25, 0.3) is 0 Å². The smallest absolute Gasteiger partial charge is 0.338 e. The molecule has 0 saturated carbocycles. The van der Waals surface area contributed by atoms with E-state index < -0.39 is 0 Å². The maximum Gasteiger partial charge on any atom is 0.338 e. The molecule has 25 heavy (non-hydrogen) atoms. The van der Waals surface area contributed by atoms with Gasteiger partial charge < -0.3 is 18.9 Å². The number of esters is 2. The number of carbonyl (C=O) groups excluding carboxylic acids is 2. The van der Waals surface area contributed by atoms with Crippen LogP contribution in [-0.4, -0.2) is 50.6 Å². The molecule has 2 heterocycles. The topological polar surface area (TPSA) is 77.7 Å². The Morgan fingerprint density at radius 3 is 2.24 bits per heavy atom. The molecule has 1 aromatic carbocycles. The van der Waals surface area contributed by atoms with E-state index in [1.165, 1.54) is 0 Å². The molecule has 134 valence electrons. The molecular weight excluding hydrogens is 324 g/mol. The maximum atomic E-state index is 11.6. The van der Waals surface area contributed by atoms with Crippen molar-refractivity contribution in [3.05, 3.63) is 54.1 Å². The van der Waals surface area contributed by atoms with E-state index in [-0.39, 0.29) is 24.1 Å². The zero-order chi connectivity index (χ0) is 18.2. The third-order valence-electron chi connectivity index (χ3n) is 3.35. The number of hydrogen-bond donors (Lipinski definition) is 0. The molecule has 0 bridgehead atoms. The predicted octanol–water partition coefficient (Wildman–Crippen LogP) is 2.39. The largest absolute Gasteiger partial charge is 0.459 e. The van der Waals surface area contributed by atoms with Gasteiger partial charge in [-0.2, -0.15) is 0 Å². The first kappa shape index (κ1) is 18.9. The molecule has 0 amide bonds. The molecule has 1 aromatic rings. The van der Waals surface area contributed by atoms with E-state index in [9.17, 15) is 9.59 Å². The van der Waals surface area contributed by atoms with E-state index in [1.54, 1.807) is 25.1 Å². The summed E-state index contributed by atoms with van der Waals surface area (Å²) in [5, 5.41) is 0. The zero-order valence-corrected chi connectivity index (χ0v) is 14.2. The van der Waals surface area contributed by atoms with Crippen molar-refractivity contribution in [2.24, 2.45) is 0 Å². The van der Waals surface area contributed by atoms with Gasteiger partial charge in [-0.05, 0) is 18.6 Å². The van der Waals surface area contributed by atoms with Gasteiger partial charge in [0.15, 0.2) is 0 Å². The van der Waals surface area contributed by atoms with Crippen molar-refractivity contribution in [2.45, 2.75) is 19.1 Å². The Balaban J connectivity index is 0.000000196. The van der Waals surface area contributed by atoms with Gasteiger partial charge in [-0.15, -0.1) is 0 Å². The van der Waals surface area contributed by atoms with Gasteiger partial charge in [-0.25, -0.2) is 9.59 Å². The molecular formula is C19H22O6. The number of rotatable bonds is 7. The van der Waals surface area contributed by atoms with Crippen molar-refractivity contribution in [1.29, 1.82) is 0 Å². The Labute approximate surface area is 147 Å². The Hall–Kier alpha value is -2.44. The standard InChI is InChI=1S/C12H12O3.C7H10O3/c1-2-9-5-3-4-6-11(9)12(13)15-8-10-7-14-10;1-5(2)7(8)10-4-6-3-9-6/h2-6,10H,1,7-8H2;6H,1,3-4H2,2H3. The fourth-order valence-corrected chi connectivity index (χ4v) is 1.73. The third-order valence-corrected chi connectivity index (χ3v) is 3.35. The fraction of sp³-hybridized carbons (Fsp3) is 0.368. The van der Waals surface area contributed by atoms with Crippen LogP contribution in [0, 0.1) is 0 Å². The first-order valence-electron chi connectivity index (χ1n) is 7.95. The van der Waals surface area contributed by atoms with Gasteiger partial charge in [0.2, 0.25) is 0 Å². The summed E-state index contributed by atoms with van der Waals surface area (Å²) in [5.41, 5.74) is 1.77. The van der Waals surface area contributed by atoms with E-state index in [0.717, 1.165) is 5.56 Å². The minimum absolute atomic E-state index is 0.102. The molecule has 6 nitrogen and oxygen atoms in total. The van der Waals surface area contributed by atoms with Crippen LogP contribution < -0.4 is 0 Å². The second kappa shape index (κ2) is 9.15. The number of hydrogen-bond acceptors (Lipinski definition) is 6. The predicted molar refractivity (Wildman–Crippen MR) is 92.1 cm³/mol. The lowest BCUT2D eigenvalue weighted by molar-refractivity contribution is -0.139. The second-order valence-corrected chi connectivity index (χ2v) is 5.68. The van der Waals surface area contributed by atoms with Gasteiger partial charge in [0.05, 0.1) is 18.8 Å². The Bertz CT molecular complexity index is 643. The molecule has 2 fully saturated rings. The summed E-state index contributed by atoms with van der Waals surface area (Å²) in [6, 6.07) is 7.22. The summed E-state index contributed by atoms with van der Waals surface area (Å²) >= 11 is 0. The summed E-state index contributed by atoms with van der Waals surface area (Å²) in [6.45, 7) is 10.8. The SMILES string of the molecule is C=C(C)C(=O)OCC1CO1.C=Cc1ccccc1C(=O)OCC1CO1. The van der Waals surface area contributed by atoms with Crippen molar-refractivity contribution >= 4 is 18.0 Å². The highest BCUT2D eigenvalue weighted by Gasteiger charge is 2.25. The quantitative estimate of drug-likeness (QED) is 0.429. The first-order valence-corrected chi connectivity index (χ1v) is 7.95. The number of ether oxygens (including phenoxy) is 4. The van der Waals surface area contributed by atoms with Crippen LogP contribution in [0.1, 0.15) is 22.8 Å². The van der Waals surface area contributed by atoms with Crippen LogP contribution in [-0.2, 0) is 23.7 Å². The van der Waals surface area contributed by atoms with Crippen molar-refractivity contribution < 1.29 is 28.5 Å². The summed E-state index contributed by atoms with van der Waals surface area (Å²) in [4.78, 5) is 22.3. The summed E-state index contributed by atoms with van der Waals surface area (Å²) < 4.78 is 19.6. The van der Waals surface area contributed by atoms with Crippen LogP contribution in [0.3, 0.4) is 0 Å². The zero-order valence-electron chi connectivity index (χ0n) is 14.2. The summed E-state index contributed by atoms with van der Waals surface area (Å²) in [5.74, 6) is -0.656. The van der Waals surface area contributed by atoms with E-state index in [4.69, 9.17) is 18.9 Å². The Morgan fingerprint density at radius 2 is 1.72 bits per heavy atom. The average molecular weight is 346 g/mol. The molecule has 3 rings (SSSR count). The minimum atomic E-state index is -0.337. The number of epoxide rings is 2. The van der Waals surface area contributed by atoms with Crippen LogP contribution in [0.15, 0.2) is 43.0 Å². The van der Waals surface area contributed by atoms with Crippen LogP contribution in [0.4, 0.5) is 0 Å². The van der Waals surface area contributed by atoms with Crippen LogP contribution in [0.25, 0.3) is 6.08 Å². The van der Waals surface area contributed by atoms with Gasteiger partial charge in [-0.3, -0.25) is 0 Å². The molecule has 2 aliphatic rings. The maximum absolute atomic E-state index is 11.6. The van der Waals surface area contributed by atoms with Gasteiger partial charge >= 0.3 is 11.9 Å². The minimum Gasteiger partial charge on any atom is -0.459 e. The van der Waals surface area contributed by atoms with E-state index in [2.05, 4.69) is 13.2 Å². The van der Waals surface area contributed by atoms with Gasteiger partial charge in [0.1, 0.15) is 25.4 Å². The van der Waals surface area contributed by atoms with E-state index in [1.807, 2.05) is 12.1 Å². The average Bonchev–Trinajstić information content (AvgIpc) is 3.52. The lowest BCUT2D eigenvalue weighted by Crippen LogP contribution is -2.11. The molecule has 0 aliphatic carbocycles. The highest BCUT2D eigenvalue weighted by Crippen LogP contribution is 2.14. The molecule has 6 heteroatoms. The van der Waals surface area contributed by atoms with E-state index in [0.29, 0.717) is 37.6 Å². The Morgan fingerprint density at radius 1 is 1.16 bits per heavy atom. The van der Waals surface area contributed by atoms with Crippen molar-refractivity contribution in [3.63, 3.8) is 0 Å². The molecule has 2 saturated heterocycles. The molecule has 0 N–H and O–H groups in total. The monoisotopic (exact) mass is 346 g/mol. The highest BCUT2D eigenvalue weighted by molar-refractivity contribution is 5.93. The van der Waals surface area contributed by atoms with Crippen LogP contribution >= 0.6 is 0 Å². The fourth-order valence-electron chi connectivity index (χ4n) is 1.73. The summed E-state index contributed by atoms with van der Waals surface area (Å²) in [6.07, 6.45) is 1.89. The van der Waals surface area contributed by atoms with Crippen molar-refractivity contribution in [2.75, 3.05) is 26.4 Å². The van der Waals surface area contributed by atoms with Gasteiger partial charge in [-0.1, -0.05) is 37.4 Å². The number of benzene rings is 1. The third kappa shape index (κ3) is 6.91. The highest BCUT2D eigenvalue weighted by atomic mass is 16.6. The molecule has 0 spiro atoms. The Kier molecular flexibility index (Phi) is 6.91. The molecule has 2 aliphatic heterocycles. The van der Waals surface area contributed by atoms with Crippen LogP contribution in [0.2, 0.25) is 0 Å². The van der Waals surface area contributed by atoms with Crippen LogP contribution in [0.5, 0.6) is 0 Å². The van der Waals surface area contributed by atoms with Crippen molar-refractivity contribution in [3.8, 4) is 0 Å². The first-order chi connectivity index (χ1) is 12.0. The molecule has 0 radical (unpaired) electrons. The van der Waals surface area contributed by atoms with Gasteiger partial charge in [0, 0.05) is 5.57 Å². The normalized spacial score (nSPS) is 19.7. The van der Waals surface area contributed by atoms with Crippen molar-refractivity contribution in [1.82, 2.24) is 0 Å². The molecule has 2 atom stereocenters. The number of carbonyl (C=O) groups is 2. The second-order valence-electron chi connectivity index (χ2n) is 5.68. The molecule has 2 unspecified atom stereocenters. The molecule has 0 aromatic heterocycles. The lowest BCUT2D eigenvalue weighted by Gasteiger charge is -2.05. The van der Waals surface area contributed by atoms with E-state index >= 15 is 0 Å². The summed E-state index contributed by atoms with van der Waals surface area (Å²) in [7, 11) is 0.